The summed E-state index contributed by atoms with van der Waals surface area (Å²) in [5, 5.41) is 9.30. The molecule has 2 heteroatoms. The number of rotatable bonds is 2. The lowest BCUT2D eigenvalue weighted by Crippen LogP contribution is -2.29. The quantitative estimate of drug-likeness (QED) is 0.651. The normalized spacial score (nSPS) is 8.95. The van der Waals surface area contributed by atoms with Gasteiger partial charge in [0, 0.05) is 27.4 Å². The molecule has 0 rings (SSSR count). The SMILES string of the molecule is C=C=C=C=C=C=C=C=C=C=C=C=C=C=C[C@H](O)[C@H](C)N.[HH].[HH].[HH].[HH].[HH].[HH].[HH].[HH].[HH].[HH].[HH].[HH].[HH].[HH].[HH]. The average molecular weight is 288 g/mol. The second kappa shape index (κ2) is 12.3. The zero-order valence-corrected chi connectivity index (χ0v) is 11.0. The van der Waals surface area contributed by atoms with E-state index in [1.807, 2.05) is 0 Å². The first-order valence-electron chi connectivity index (χ1n) is 5.48. The van der Waals surface area contributed by atoms with Crippen molar-refractivity contribution in [3.63, 3.8) is 0 Å². The molecule has 124 valence electrons. The van der Waals surface area contributed by atoms with Gasteiger partial charge < -0.3 is 10.8 Å². The van der Waals surface area contributed by atoms with Crippen molar-refractivity contribution >= 4 is 0 Å². The molecule has 0 aliphatic rings. The Bertz CT molecular complexity index is 857. The molecular weight excluding hydrogens is 246 g/mol. The summed E-state index contributed by atoms with van der Waals surface area (Å²) in [6.45, 7) is 4.98. The molecule has 2 nitrogen and oxygen atoms in total. The van der Waals surface area contributed by atoms with Crippen molar-refractivity contribution in [2.45, 2.75) is 19.1 Å². The van der Waals surface area contributed by atoms with Crippen LogP contribution in [0, 0.1) is 0 Å². The van der Waals surface area contributed by atoms with Crippen LogP contribution < -0.4 is 5.73 Å². The van der Waals surface area contributed by atoms with Crippen LogP contribution in [0.15, 0.2) is 87.2 Å². The van der Waals surface area contributed by atoms with E-state index in [1.165, 1.54) is 6.08 Å². The minimum atomic E-state index is -0.762. The van der Waals surface area contributed by atoms with E-state index in [9.17, 15) is 5.11 Å². The lowest BCUT2D eigenvalue weighted by molar-refractivity contribution is 0.198. The van der Waals surface area contributed by atoms with Crippen LogP contribution in [0.3, 0.4) is 0 Å². The molecule has 0 unspecified atom stereocenters. The van der Waals surface area contributed by atoms with E-state index in [4.69, 9.17) is 5.73 Å². The van der Waals surface area contributed by atoms with Gasteiger partial charge in [-0.25, -0.2) is 0 Å². The van der Waals surface area contributed by atoms with Crippen LogP contribution in [0.25, 0.3) is 0 Å². The molecule has 0 aromatic carbocycles. The summed E-state index contributed by atoms with van der Waals surface area (Å²) in [6.07, 6.45) is 0.616. The molecule has 0 aliphatic carbocycles. The van der Waals surface area contributed by atoms with Crippen molar-refractivity contribution in [2.75, 3.05) is 0 Å². The second-order valence-electron chi connectivity index (χ2n) is 3.21. The van der Waals surface area contributed by atoms with Gasteiger partial charge in [0.1, 0.15) is 0 Å². The molecule has 0 amide bonds. The Hall–Kier alpha value is -3.20. The van der Waals surface area contributed by atoms with Crippen molar-refractivity contribution < 1.29 is 26.5 Å². The van der Waals surface area contributed by atoms with Crippen molar-refractivity contribution in [3.05, 3.63) is 87.2 Å². The van der Waals surface area contributed by atoms with E-state index in [-0.39, 0.29) is 27.4 Å². The predicted molar refractivity (Wildman–Crippen MR) is 107 cm³/mol. The van der Waals surface area contributed by atoms with Gasteiger partial charge in [-0.3, -0.25) is 0 Å². The minimum Gasteiger partial charge on any atom is -0.387 e. The molecule has 0 heterocycles. The first-order chi connectivity index (χ1) is 9.68. The Morgan fingerprint density at radius 1 is 0.900 bits per heavy atom. The third-order valence-corrected chi connectivity index (χ3v) is 1.58. The Labute approximate surface area is 140 Å². The fraction of sp³-hybridized carbons (Fsp3) is 0.167. The van der Waals surface area contributed by atoms with E-state index in [2.05, 4.69) is 81.1 Å². The fourth-order valence-electron chi connectivity index (χ4n) is 0.640. The maximum Gasteiger partial charge on any atom is 0.0949 e. The minimum absolute atomic E-state index is 0. The lowest BCUT2D eigenvalue weighted by Gasteiger charge is -2.06. The van der Waals surface area contributed by atoms with Gasteiger partial charge >= 0.3 is 0 Å². The first-order valence-corrected chi connectivity index (χ1v) is 5.48. The molecule has 0 saturated heterocycles. The summed E-state index contributed by atoms with van der Waals surface area (Å²) in [6, 6.07) is -0.359. The highest BCUT2D eigenvalue weighted by molar-refractivity contribution is 4.95. The van der Waals surface area contributed by atoms with Crippen molar-refractivity contribution in [2.24, 2.45) is 5.73 Å². The topological polar surface area (TPSA) is 46.2 Å². The molecule has 0 radical (unpaired) electrons. The molecule has 2 atom stereocenters. The summed E-state index contributed by atoms with van der Waals surface area (Å²) < 4.78 is 0. The number of nitrogens with two attached hydrogens (primary N) is 1. The number of hydrogen-bond donors (Lipinski definition) is 2. The third-order valence-electron chi connectivity index (χ3n) is 1.58. The van der Waals surface area contributed by atoms with Crippen LogP contribution in [0.5, 0.6) is 0 Å². The highest BCUT2D eigenvalue weighted by Crippen LogP contribution is 1.88. The standard InChI is InChI=1S/C18H11NO.15H2/c1-3-4-5-6-7-8-9-10-11-12-13-14-15-16-18(20)17(2)19;;;;;;;;;;;;;;;/h16-18,20H,1,19H2,2H3;15*1H/t17-,18-;;;;;;;;;;;;;;;/m0.............../s1. The molecule has 0 bridgehead atoms. The summed E-state index contributed by atoms with van der Waals surface area (Å²) in [4.78, 5) is 0. The molecule has 0 aromatic heterocycles. The third kappa shape index (κ3) is 11.3. The molecule has 20 heavy (non-hydrogen) atoms. The van der Waals surface area contributed by atoms with Crippen LogP contribution in [-0.4, -0.2) is 17.3 Å². The molecule has 0 saturated carbocycles. The maximum absolute atomic E-state index is 9.30. The molecular formula is C18H41NO. The predicted octanol–water partition coefficient (Wildman–Crippen LogP) is 5.59. The lowest BCUT2D eigenvalue weighted by atomic mass is 10.2. The Morgan fingerprint density at radius 3 is 1.70 bits per heavy atom. The monoisotopic (exact) mass is 287 g/mol. The molecule has 0 spiro atoms. The first kappa shape index (κ1) is 16.8. The summed E-state index contributed by atoms with van der Waals surface area (Å²) in [5.41, 5.74) is 37.6. The van der Waals surface area contributed by atoms with Crippen molar-refractivity contribution in [3.8, 4) is 0 Å². The van der Waals surface area contributed by atoms with Gasteiger partial charge in [0.05, 0.1) is 6.10 Å². The van der Waals surface area contributed by atoms with E-state index in [0.29, 0.717) is 0 Å². The van der Waals surface area contributed by atoms with E-state index >= 15 is 0 Å². The zero-order valence-electron chi connectivity index (χ0n) is 11.0. The second-order valence-corrected chi connectivity index (χ2v) is 3.21. The summed E-state index contributed by atoms with van der Waals surface area (Å²) in [7, 11) is 0. The van der Waals surface area contributed by atoms with Gasteiger partial charge in [0.25, 0.3) is 0 Å². The summed E-state index contributed by atoms with van der Waals surface area (Å²) in [5.74, 6) is 0. The van der Waals surface area contributed by atoms with Gasteiger partial charge in [-0.2, -0.15) is 0 Å². The largest absolute Gasteiger partial charge is 0.387 e. The van der Waals surface area contributed by atoms with E-state index in [1.54, 1.807) is 6.92 Å². The van der Waals surface area contributed by atoms with Gasteiger partial charge in [-0.05, 0) is 82.6 Å². The van der Waals surface area contributed by atoms with E-state index < -0.39 is 6.10 Å². The van der Waals surface area contributed by atoms with Crippen LogP contribution in [0.2, 0.25) is 0 Å². The highest BCUT2D eigenvalue weighted by Gasteiger charge is 2.02. The number of aliphatic hydroxyl groups excluding tert-OH is 1. The van der Waals surface area contributed by atoms with Crippen LogP contribution in [-0.2, 0) is 0 Å². The van der Waals surface area contributed by atoms with E-state index in [0.717, 1.165) is 0 Å². The Kier molecular flexibility index (Phi) is 10.3. The van der Waals surface area contributed by atoms with Crippen molar-refractivity contribution in [1.29, 1.82) is 0 Å². The number of aliphatic hydroxyl groups is 1. The van der Waals surface area contributed by atoms with Gasteiger partial charge in [-0.15, -0.1) is 0 Å². The maximum atomic E-state index is 9.30. The summed E-state index contributed by atoms with van der Waals surface area (Å²) >= 11 is 0. The average Bonchev–Trinajstić information content (AvgIpc) is 2.43. The molecule has 3 N–H and O–H groups in total. The highest BCUT2D eigenvalue weighted by atomic mass is 16.3. The molecule has 0 aliphatic heterocycles. The van der Waals surface area contributed by atoms with Crippen LogP contribution in [0.1, 0.15) is 28.3 Å². The van der Waals surface area contributed by atoms with Gasteiger partial charge in [0.15, 0.2) is 0 Å². The Morgan fingerprint density at radius 2 is 1.30 bits per heavy atom. The van der Waals surface area contributed by atoms with Gasteiger partial charge in [0.2, 0.25) is 0 Å². The fourth-order valence-corrected chi connectivity index (χ4v) is 0.640. The molecule has 0 fully saturated rings. The van der Waals surface area contributed by atoms with Gasteiger partial charge in [-0.1, -0.05) is 11.5 Å². The number of hydrogen-bond acceptors (Lipinski definition) is 2. The van der Waals surface area contributed by atoms with Crippen molar-refractivity contribution in [1.82, 2.24) is 0 Å². The smallest absolute Gasteiger partial charge is 0.0949 e. The molecule has 0 aromatic rings. The van der Waals surface area contributed by atoms with Crippen LogP contribution in [0.4, 0.5) is 0 Å². The zero-order chi connectivity index (χ0) is 15.1. The van der Waals surface area contributed by atoms with Crippen LogP contribution >= 0.6 is 0 Å². The Balaban J connectivity index is -0.0000000172.